The maximum atomic E-state index is 13.0. The maximum Gasteiger partial charge on any atom is 0.292 e. The number of nitrogens with one attached hydrogen (secondary N) is 1. The van der Waals surface area contributed by atoms with Gasteiger partial charge in [-0.2, -0.15) is 4.31 Å². The Morgan fingerprint density at radius 3 is 2.17 bits per heavy atom. The van der Waals surface area contributed by atoms with E-state index < -0.39 is 16.1 Å². The van der Waals surface area contributed by atoms with Gasteiger partial charge in [0.2, 0.25) is 15.9 Å². The van der Waals surface area contributed by atoms with Crippen LogP contribution in [-0.2, 0) is 19.6 Å². The zero-order chi connectivity index (χ0) is 21.5. The molecule has 7 nitrogen and oxygen atoms in total. The molecule has 0 bridgehead atoms. The van der Waals surface area contributed by atoms with Gasteiger partial charge < -0.3 is 4.90 Å². The number of piperazine rings is 1. The van der Waals surface area contributed by atoms with E-state index in [2.05, 4.69) is 0 Å². The molecule has 30 heavy (non-hydrogen) atoms. The van der Waals surface area contributed by atoms with Gasteiger partial charge in [-0.25, -0.2) is 13.3 Å². The number of halogens is 1. The van der Waals surface area contributed by atoms with E-state index in [0.717, 1.165) is 10.5 Å². The molecule has 2 amide bonds. The van der Waals surface area contributed by atoms with Gasteiger partial charge in [0, 0.05) is 5.02 Å². The van der Waals surface area contributed by atoms with E-state index in [1.54, 1.807) is 48.5 Å². The molecule has 0 radical (unpaired) electrons. The topological polar surface area (TPSA) is 79.2 Å². The van der Waals surface area contributed by atoms with Gasteiger partial charge in [-0.1, -0.05) is 29.3 Å². The summed E-state index contributed by atoms with van der Waals surface area (Å²) >= 11 is 5.90. The molecule has 1 N–H and O–H groups in total. The smallest absolute Gasteiger partial charge is 0.292 e. The number of rotatable bonds is 4. The van der Waals surface area contributed by atoms with Crippen LogP contribution in [0.15, 0.2) is 53.4 Å². The first-order valence-corrected chi connectivity index (χ1v) is 11.6. The molecule has 158 valence electrons. The Morgan fingerprint density at radius 2 is 1.57 bits per heavy atom. The minimum absolute atomic E-state index is 0.126. The molecule has 0 spiro atoms. The number of benzene rings is 2. The average molecular weight is 449 g/mol. The Bertz CT molecular complexity index is 1060. The zero-order valence-electron chi connectivity index (χ0n) is 16.5. The number of aryl methyl sites for hydroxylation is 1. The van der Waals surface area contributed by atoms with Crippen molar-refractivity contribution in [3.8, 4) is 0 Å². The number of hydrogen-bond acceptors (Lipinski definition) is 4. The summed E-state index contributed by atoms with van der Waals surface area (Å²) in [4.78, 5) is 27.9. The lowest BCUT2D eigenvalue weighted by Gasteiger charge is -2.33. The van der Waals surface area contributed by atoms with E-state index >= 15 is 0 Å². The molecular formula is C21H23ClN3O4S+. The highest BCUT2D eigenvalue weighted by Gasteiger charge is 2.47. The molecule has 0 unspecified atom stereocenters. The highest BCUT2D eigenvalue weighted by molar-refractivity contribution is 7.89. The largest absolute Gasteiger partial charge is 0.322 e. The maximum absolute atomic E-state index is 13.0. The molecule has 2 aromatic rings. The first-order valence-electron chi connectivity index (χ1n) is 9.81. The summed E-state index contributed by atoms with van der Waals surface area (Å²) in [5.41, 5.74) is 1.51. The van der Waals surface area contributed by atoms with Crippen LogP contribution in [0.4, 0.5) is 5.69 Å². The predicted octanol–water partition coefficient (Wildman–Crippen LogP) is 0.870. The van der Waals surface area contributed by atoms with Crippen LogP contribution in [0.25, 0.3) is 0 Å². The number of anilines is 1. The van der Waals surface area contributed by atoms with Crippen LogP contribution in [0.5, 0.6) is 0 Å². The summed E-state index contributed by atoms with van der Waals surface area (Å²) < 4.78 is 27.2. The molecule has 2 saturated heterocycles. The second kappa shape index (κ2) is 8.11. The second-order valence-corrected chi connectivity index (χ2v) is 10.1. The minimum atomic E-state index is -3.56. The van der Waals surface area contributed by atoms with Crippen molar-refractivity contribution in [2.24, 2.45) is 0 Å². The van der Waals surface area contributed by atoms with Gasteiger partial charge in [0.25, 0.3) is 5.91 Å². The van der Waals surface area contributed by atoms with Crippen molar-refractivity contribution in [1.82, 2.24) is 4.31 Å². The first kappa shape index (κ1) is 21.0. The quantitative estimate of drug-likeness (QED) is 0.704. The summed E-state index contributed by atoms with van der Waals surface area (Å²) in [5.74, 6) is -0.485. The van der Waals surface area contributed by atoms with Gasteiger partial charge in [0.15, 0.2) is 6.04 Å². The standard InChI is InChI=1S/C21H22ClN3O4S/c1-15-2-8-18(9-3-15)30(28,29)24-12-10-23(11-13-24)19-14-20(26)25(21(19)27)17-6-4-16(22)5-7-17/h2-9,19H,10-14H2,1H3/p+1/t19-/m0/s1. The minimum Gasteiger partial charge on any atom is -0.322 e. The van der Waals surface area contributed by atoms with Crippen LogP contribution < -0.4 is 9.80 Å². The summed E-state index contributed by atoms with van der Waals surface area (Å²) in [7, 11) is -3.56. The van der Waals surface area contributed by atoms with Crippen LogP contribution in [0.3, 0.4) is 0 Å². The van der Waals surface area contributed by atoms with Gasteiger partial charge in [0.1, 0.15) is 0 Å². The number of quaternary nitrogens is 1. The Kier molecular flexibility index (Phi) is 5.67. The third-order valence-corrected chi connectivity index (χ3v) is 7.91. The molecule has 0 aromatic heterocycles. The van der Waals surface area contributed by atoms with Crippen molar-refractivity contribution in [2.75, 3.05) is 31.1 Å². The average Bonchev–Trinajstić information content (AvgIpc) is 3.03. The molecule has 9 heteroatoms. The van der Waals surface area contributed by atoms with Crippen LogP contribution in [0, 0.1) is 6.92 Å². The Morgan fingerprint density at radius 1 is 0.967 bits per heavy atom. The molecule has 2 heterocycles. The van der Waals surface area contributed by atoms with E-state index in [0.29, 0.717) is 36.9 Å². The molecule has 2 aliphatic rings. The molecular weight excluding hydrogens is 426 g/mol. The Hall–Kier alpha value is -2.26. The number of amides is 2. The number of nitrogens with zero attached hydrogens (tertiary/aromatic N) is 2. The first-order chi connectivity index (χ1) is 14.3. The summed E-state index contributed by atoms with van der Waals surface area (Å²) in [6.07, 6.45) is 0.126. The Labute approximate surface area is 180 Å². The number of imide groups is 1. The van der Waals surface area contributed by atoms with Gasteiger partial charge >= 0.3 is 0 Å². The fraction of sp³-hybridized carbons (Fsp3) is 0.333. The molecule has 0 saturated carbocycles. The van der Waals surface area contributed by atoms with E-state index in [1.165, 1.54) is 9.21 Å². The van der Waals surface area contributed by atoms with Crippen molar-refractivity contribution in [2.45, 2.75) is 24.3 Å². The highest BCUT2D eigenvalue weighted by atomic mass is 35.5. The van der Waals surface area contributed by atoms with Gasteiger partial charge in [-0.3, -0.25) is 9.59 Å². The number of carbonyl (C=O) groups excluding carboxylic acids is 2. The molecule has 2 fully saturated rings. The third kappa shape index (κ3) is 3.88. The lowest BCUT2D eigenvalue weighted by molar-refractivity contribution is -0.918. The summed E-state index contributed by atoms with van der Waals surface area (Å²) in [6.45, 7) is 3.48. The van der Waals surface area contributed by atoms with E-state index in [9.17, 15) is 18.0 Å². The predicted molar refractivity (Wildman–Crippen MR) is 113 cm³/mol. The van der Waals surface area contributed by atoms with E-state index in [4.69, 9.17) is 11.6 Å². The highest BCUT2D eigenvalue weighted by Crippen LogP contribution is 2.24. The summed E-state index contributed by atoms with van der Waals surface area (Å²) in [6, 6.07) is 12.9. The van der Waals surface area contributed by atoms with Crippen LogP contribution >= 0.6 is 11.6 Å². The van der Waals surface area contributed by atoms with E-state index in [-0.39, 0.29) is 23.1 Å². The van der Waals surface area contributed by atoms with Crippen molar-refractivity contribution in [3.05, 3.63) is 59.1 Å². The fourth-order valence-electron chi connectivity index (χ4n) is 4.03. The number of hydrogen-bond donors (Lipinski definition) is 1. The molecule has 2 aromatic carbocycles. The van der Waals surface area contributed by atoms with Gasteiger partial charge in [-0.15, -0.1) is 0 Å². The van der Waals surface area contributed by atoms with Crippen LogP contribution in [0.2, 0.25) is 5.02 Å². The van der Waals surface area contributed by atoms with Crippen molar-refractivity contribution in [3.63, 3.8) is 0 Å². The SMILES string of the molecule is Cc1ccc(S(=O)(=O)N2CC[NH+]([C@H]3CC(=O)N(c4ccc(Cl)cc4)C3=O)CC2)cc1. The van der Waals surface area contributed by atoms with Crippen molar-refractivity contribution < 1.29 is 22.9 Å². The Balaban J connectivity index is 1.44. The third-order valence-electron chi connectivity index (χ3n) is 5.75. The second-order valence-electron chi connectivity index (χ2n) is 7.68. The fourth-order valence-corrected chi connectivity index (χ4v) is 5.60. The van der Waals surface area contributed by atoms with Crippen LogP contribution in [-0.4, -0.2) is 56.8 Å². The lowest BCUT2D eigenvalue weighted by atomic mass is 10.2. The lowest BCUT2D eigenvalue weighted by Crippen LogP contribution is -3.19. The van der Waals surface area contributed by atoms with Crippen molar-refractivity contribution in [1.29, 1.82) is 0 Å². The van der Waals surface area contributed by atoms with Gasteiger partial charge in [-0.05, 0) is 43.3 Å². The van der Waals surface area contributed by atoms with Crippen LogP contribution in [0.1, 0.15) is 12.0 Å². The monoisotopic (exact) mass is 448 g/mol. The molecule has 0 aliphatic carbocycles. The number of carbonyl (C=O) groups is 2. The normalized spacial score (nSPS) is 21.4. The van der Waals surface area contributed by atoms with E-state index in [1.807, 2.05) is 6.92 Å². The molecule has 2 aliphatic heterocycles. The zero-order valence-corrected chi connectivity index (χ0v) is 18.1. The van der Waals surface area contributed by atoms with Gasteiger partial charge in [0.05, 0.1) is 43.2 Å². The number of sulfonamides is 1. The molecule has 4 rings (SSSR count). The van der Waals surface area contributed by atoms with Crippen molar-refractivity contribution >= 4 is 39.1 Å². The summed E-state index contributed by atoms with van der Waals surface area (Å²) in [5, 5.41) is 0.533. The molecule has 1 atom stereocenters.